The summed E-state index contributed by atoms with van der Waals surface area (Å²) < 4.78 is 0. The lowest BCUT2D eigenvalue weighted by Gasteiger charge is -2.10. The summed E-state index contributed by atoms with van der Waals surface area (Å²) >= 11 is 0. The Hall–Kier alpha value is -2.67. The molecule has 0 radical (unpaired) electrons. The highest BCUT2D eigenvalue weighted by Crippen LogP contribution is 2.08. The summed E-state index contributed by atoms with van der Waals surface area (Å²) in [7, 11) is 0. The maximum atomic E-state index is 12.0. The molecule has 1 unspecified atom stereocenters. The Morgan fingerprint density at radius 2 is 1.95 bits per heavy atom. The van der Waals surface area contributed by atoms with Crippen LogP contribution in [0.5, 0.6) is 0 Å². The number of pyridine rings is 1. The third kappa shape index (κ3) is 4.73. The molecule has 21 heavy (non-hydrogen) atoms. The van der Waals surface area contributed by atoms with Gasteiger partial charge in [0.2, 0.25) is 5.91 Å². The molecule has 0 fully saturated rings. The summed E-state index contributed by atoms with van der Waals surface area (Å²) in [5.41, 5.74) is 2.06. The van der Waals surface area contributed by atoms with Crippen LogP contribution in [-0.2, 0) is 17.6 Å². The highest BCUT2D eigenvalue weighted by atomic mass is 16.1. The van der Waals surface area contributed by atoms with Crippen LogP contribution in [0.25, 0.3) is 0 Å². The van der Waals surface area contributed by atoms with Gasteiger partial charge >= 0.3 is 0 Å². The Balaban J connectivity index is 1.82. The van der Waals surface area contributed by atoms with Gasteiger partial charge in [-0.05, 0) is 30.0 Å². The fourth-order valence-electron chi connectivity index (χ4n) is 2.05. The summed E-state index contributed by atoms with van der Waals surface area (Å²) in [5.74, 6) is -0.869. The molecule has 2 rings (SSSR count). The van der Waals surface area contributed by atoms with Gasteiger partial charge in [0, 0.05) is 18.9 Å². The smallest absolute Gasteiger partial charge is 0.237 e. The second-order valence-electron chi connectivity index (χ2n) is 4.77. The number of carbonyl (C=O) groups is 1. The molecule has 1 amide bonds. The normalized spacial score (nSPS) is 11.4. The molecule has 1 aromatic heterocycles. The number of amides is 1. The molecule has 1 N–H and O–H groups in total. The first-order valence-corrected chi connectivity index (χ1v) is 6.90. The molecule has 106 valence electrons. The maximum absolute atomic E-state index is 12.0. The van der Waals surface area contributed by atoms with Crippen molar-refractivity contribution < 1.29 is 4.79 Å². The van der Waals surface area contributed by atoms with Crippen LogP contribution in [0.3, 0.4) is 0 Å². The average molecular weight is 279 g/mol. The van der Waals surface area contributed by atoms with Gasteiger partial charge in [0.1, 0.15) is 5.92 Å². The second-order valence-corrected chi connectivity index (χ2v) is 4.77. The predicted octanol–water partition coefficient (Wildman–Crippen LogP) is 2.12. The molecule has 0 aliphatic rings. The van der Waals surface area contributed by atoms with Crippen LogP contribution in [0, 0.1) is 17.2 Å². The van der Waals surface area contributed by atoms with E-state index >= 15 is 0 Å². The van der Waals surface area contributed by atoms with E-state index in [2.05, 4.69) is 16.4 Å². The van der Waals surface area contributed by atoms with E-state index in [1.54, 1.807) is 12.4 Å². The number of hydrogen-bond acceptors (Lipinski definition) is 3. The number of benzene rings is 1. The zero-order chi connectivity index (χ0) is 14.9. The van der Waals surface area contributed by atoms with Crippen molar-refractivity contribution >= 4 is 5.91 Å². The highest BCUT2D eigenvalue weighted by Gasteiger charge is 2.17. The molecule has 1 atom stereocenters. The lowest BCUT2D eigenvalue weighted by Crippen LogP contribution is -2.32. The third-order valence-corrected chi connectivity index (χ3v) is 3.19. The Labute approximate surface area is 124 Å². The number of rotatable bonds is 6. The van der Waals surface area contributed by atoms with E-state index in [9.17, 15) is 4.79 Å². The van der Waals surface area contributed by atoms with Crippen molar-refractivity contribution in [3.8, 4) is 6.07 Å². The van der Waals surface area contributed by atoms with E-state index in [1.807, 2.05) is 42.5 Å². The SMILES string of the molecule is N#CC(Cc1ccccc1)C(=O)NCCc1cccnc1. The van der Waals surface area contributed by atoms with Crippen LogP contribution < -0.4 is 5.32 Å². The number of hydrogen-bond donors (Lipinski definition) is 1. The largest absolute Gasteiger partial charge is 0.355 e. The minimum atomic E-state index is -0.652. The number of aromatic nitrogens is 1. The first-order valence-electron chi connectivity index (χ1n) is 6.90. The van der Waals surface area contributed by atoms with Gasteiger partial charge in [0.25, 0.3) is 0 Å². The monoisotopic (exact) mass is 279 g/mol. The van der Waals surface area contributed by atoms with Gasteiger partial charge in [-0.15, -0.1) is 0 Å². The molecule has 0 aliphatic carbocycles. The summed E-state index contributed by atoms with van der Waals surface area (Å²) in [6.45, 7) is 0.511. The van der Waals surface area contributed by atoms with Gasteiger partial charge in [0.05, 0.1) is 6.07 Å². The van der Waals surface area contributed by atoms with Crippen LogP contribution >= 0.6 is 0 Å². The molecular weight excluding hydrogens is 262 g/mol. The van der Waals surface area contributed by atoms with Crippen molar-refractivity contribution in [1.82, 2.24) is 10.3 Å². The Bertz CT molecular complexity index is 605. The quantitative estimate of drug-likeness (QED) is 0.880. The van der Waals surface area contributed by atoms with E-state index in [4.69, 9.17) is 5.26 Å². The number of carbonyl (C=O) groups excluding carboxylic acids is 1. The summed E-state index contributed by atoms with van der Waals surface area (Å²) in [6.07, 6.45) is 4.64. The van der Waals surface area contributed by atoms with Gasteiger partial charge in [-0.2, -0.15) is 5.26 Å². The predicted molar refractivity (Wildman–Crippen MR) is 80.2 cm³/mol. The lowest BCUT2D eigenvalue weighted by atomic mass is 10.00. The van der Waals surface area contributed by atoms with Crippen LogP contribution in [0.15, 0.2) is 54.9 Å². The molecule has 1 aromatic carbocycles. The van der Waals surface area contributed by atoms with Crippen LogP contribution in [0.2, 0.25) is 0 Å². The minimum absolute atomic E-state index is 0.217. The summed E-state index contributed by atoms with van der Waals surface area (Å²) in [6, 6.07) is 15.5. The Morgan fingerprint density at radius 3 is 2.62 bits per heavy atom. The standard InChI is InChI=1S/C17H17N3O/c18-12-16(11-14-5-2-1-3-6-14)17(21)20-10-8-15-7-4-9-19-13-15/h1-7,9,13,16H,8,10-11H2,(H,20,21). The third-order valence-electron chi connectivity index (χ3n) is 3.19. The van der Waals surface area contributed by atoms with Gasteiger partial charge < -0.3 is 5.32 Å². The Morgan fingerprint density at radius 1 is 1.19 bits per heavy atom. The van der Waals surface area contributed by atoms with E-state index in [-0.39, 0.29) is 5.91 Å². The molecule has 0 saturated carbocycles. The van der Waals surface area contributed by atoms with Crippen molar-refractivity contribution in [2.24, 2.45) is 5.92 Å². The van der Waals surface area contributed by atoms with Crippen molar-refractivity contribution in [2.45, 2.75) is 12.8 Å². The molecular formula is C17H17N3O. The van der Waals surface area contributed by atoms with E-state index < -0.39 is 5.92 Å². The summed E-state index contributed by atoms with van der Waals surface area (Å²) in [4.78, 5) is 16.0. The van der Waals surface area contributed by atoms with Crippen molar-refractivity contribution in [2.75, 3.05) is 6.54 Å². The molecule has 1 heterocycles. The number of nitrogens with one attached hydrogen (secondary N) is 1. The second kappa shape index (κ2) is 7.81. The van der Waals surface area contributed by atoms with Gasteiger partial charge in [0.15, 0.2) is 0 Å². The van der Waals surface area contributed by atoms with Gasteiger partial charge in [-0.25, -0.2) is 0 Å². The number of nitrogens with zero attached hydrogens (tertiary/aromatic N) is 2. The zero-order valence-electron chi connectivity index (χ0n) is 11.7. The topological polar surface area (TPSA) is 65.8 Å². The van der Waals surface area contributed by atoms with E-state index in [0.29, 0.717) is 19.4 Å². The maximum Gasteiger partial charge on any atom is 0.237 e. The highest BCUT2D eigenvalue weighted by molar-refractivity contribution is 5.81. The minimum Gasteiger partial charge on any atom is -0.355 e. The summed E-state index contributed by atoms with van der Waals surface area (Å²) in [5, 5.41) is 12.0. The molecule has 0 bridgehead atoms. The van der Waals surface area contributed by atoms with Crippen LogP contribution in [-0.4, -0.2) is 17.4 Å². The van der Waals surface area contributed by atoms with Crippen molar-refractivity contribution in [1.29, 1.82) is 5.26 Å². The first-order chi connectivity index (χ1) is 10.3. The fourth-order valence-corrected chi connectivity index (χ4v) is 2.05. The Kier molecular flexibility index (Phi) is 5.48. The molecule has 0 saturated heterocycles. The van der Waals surface area contributed by atoms with Crippen molar-refractivity contribution in [3.05, 3.63) is 66.0 Å². The molecule has 0 spiro atoms. The zero-order valence-corrected chi connectivity index (χ0v) is 11.7. The fraction of sp³-hybridized carbons (Fsp3) is 0.235. The van der Waals surface area contributed by atoms with Crippen molar-refractivity contribution in [3.63, 3.8) is 0 Å². The lowest BCUT2D eigenvalue weighted by molar-refractivity contribution is -0.123. The van der Waals surface area contributed by atoms with Crippen LogP contribution in [0.4, 0.5) is 0 Å². The van der Waals surface area contributed by atoms with Gasteiger partial charge in [-0.3, -0.25) is 9.78 Å². The first kappa shape index (κ1) is 14.7. The molecule has 0 aliphatic heterocycles. The molecule has 4 nitrogen and oxygen atoms in total. The van der Waals surface area contributed by atoms with Gasteiger partial charge in [-0.1, -0.05) is 36.4 Å². The average Bonchev–Trinajstić information content (AvgIpc) is 2.54. The van der Waals surface area contributed by atoms with E-state index in [1.165, 1.54) is 0 Å². The molecule has 2 aromatic rings. The molecule has 4 heteroatoms. The number of nitriles is 1. The van der Waals surface area contributed by atoms with E-state index in [0.717, 1.165) is 11.1 Å². The van der Waals surface area contributed by atoms with Crippen LogP contribution in [0.1, 0.15) is 11.1 Å².